The maximum atomic E-state index is 14.7. The number of fused-ring (bicyclic) bond motifs is 4. The molecule has 2 bridgehead atoms. The van der Waals surface area contributed by atoms with Gasteiger partial charge >= 0.3 is 0 Å². The number of carbonyl (C=O) groups is 2. The second-order valence-corrected chi connectivity index (χ2v) is 10.4. The van der Waals surface area contributed by atoms with Gasteiger partial charge in [-0.25, -0.2) is 8.78 Å². The lowest BCUT2D eigenvalue weighted by atomic mass is 9.92. The number of aromatic nitrogens is 1. The summed E-state index contributed by atoms with van der Waals surface area (Å²) in [6, 6.07) is 10.9. The van der Waals surface area contributed by atoms with E-state index in [1.165, 1.54) is 6.08 Å². The minimum Gasteiger partial charge on any atom is -0.392 e. The van der Waals surface area contributed by atoms with E-state index < -0.39 is 17.7 Å². The van der Waals surface area contributed by atoms with Gasteiger partial charge in [0.1, 0.15) is 5.82 Å². The van der Waals surface area contributed by atoms with Crippen molar-refractivity contribution in [2.45, 2.75) is 45.3 Å². The molecule has 2 aliphatic heterocycles. The van der Waals surface area contributed by atoms with Crippen molar-refractivity contribution in [2.24, 2.45) is 5.92 Å². The molecular weight excluding hydrogens is 524 g/mol. The van der Waals surface area contributed by atoms with Crippen molar-refractivity contribution in [3.8, 4) is 11.1 Å². The molecule has 39 heavy (non-hydrogen) atoms. The van der Waals surface area contributed by atoms with Crippen LogP contribution < -0.4 is 5.32 Å². The zero-order valence-corrected chi connectivity index (χ0v) is 22.1. The highest BCUT2D eigenvalue weighted by atomic mass is 35.5. The van der Waals surface area contributed by atoms with Crippen LogP contribution in [0.2, 0.25) is 5.02 Å². The Balaban J connectivity index is 1.54. The predicted molar refractivity (Wildman–Crippen MR) is 146 cm³/mol. The van der Waals surface area contributed by atoms with Gasteiger partial charge in [-0.05, 0) is 72.4 Å². The first-order chi connectivity index (χ1) is 18.8. The summed E-state index contributed by atoms with van der Waals surface area (Å²) in [5.74, 6) is -2.38. The predicted octanol–water partition coefficient (Wildman–Crippen LogP) is 6.29. The first-order valence-electron chi connectivity index (χ1n) is 12.9. The van der Waals surface area contributed by atoms with Crippen molar-refractivity contribution < 1.29 is 23.5 Å². The highest BCUT2D eigenvalue weighted by molar-refractivity contribution is 6.31. The van der Waals surface area contributed by atoms with Crippen molar-refractivity contribution in [2.75, 3.05) is 11.9 Å². The molecule has 9 heteroatoms. The van der Waals surface area contributed by atoms with Crippen LogP contribution >= 0.6 is 11.6 Å². The Morgan fingerprint density at radius 1 is 1.13 bits per heavy atom. The molecule has 6 nitrogen and oxygen atoms in total. The average molecular weight is 552 g/mol. The van der Waals surface area contributed by atoms with E-state index in [0.29, 0.717) is 36.2 Å². The number of benzene rings is 2. The summed E-state index contributed by atoms with van der Waals surface area (Å²) in [4.78, 5) is 32.6. The fourth-order valence-electron chi connectivity index (χ4n) is 5.29. The van der Waals surface area contributed by atoms with Gasteiger partial charge in [0.15, 0.2) is 5.82 Å². The van der Waals surface area contributed by atoms with Crippen LogP contribution in [0.25, 0.3) is 16.7 Å². The number of nitrogens with one attached hydrogen (secondary N) is 1. The molecule has 2 atom stereocenters. The van der Waals surface area contributed by atoms with E-state index in [-0.39, 0.29) is 53.5 Å². The van der Waals surface area contributed by atoms with Gasteiger partial charge in [0.2, 0.25) is 11.8 Å². The molecule has 3 heterocycles. The van der Waals surface area contributed by atoms with Crippen LogP contribution in [0, 0.1) is 17.6 Å². The van der Waals surface area contributed by atoms with Gasteiger partial charge in [-0.15, -0.1) is 0 Å². The van der Waals surface area contributed by atoms with E-state index in [0.717, 1.165) is 23.3 Å². The fraction of sp³-hybridized carbons (Fsp3) is 0.300. The highest BCUT2D eigenvalue weighted by Gasteiger charge is 2.31. The summed E-state index contributed by atoms with van der Waals surface area (Å²) < 4.78 is 29.2. The summed E-state index contributed by atoms with van der Waals surface area (Å²) in [7, 11) is 0. The van der Waals surface area contributed by atoms with Gasteiger partial charge in [-0.1, -0.05) is 31.0 Å². The van der Waals surface area contributed by atoms with E-state index >= 15 is 0 Å². The third kappa shape index (κ3) is 5.44. The number of rotatable bonds is 3. The van der Waals surface area contributed by atoms with Crippen molar-refractivity contribution in [3.05, 3.63) is 88.2 Å². The summed E-state index contributed by atoms with van der Waals surface area (Å²) in [5, 5.41) is 12.5. The molecule has 5 rings (SSSR count). The lowest BCUT2D eigenvalue weighted by molar-refractivity contribution is -0.129. The molecule has 0 spiro atoms. The number of anilines is 1. The SMILES string of the molecule is C[C@@H]1CCC[C@H](N2CCC(c3c(F)ccc(Cl)c3F)=CC2=O)c2cc(ccn2)-c2cc(CO)ccc2NC1=O. The molecule has 2 amide bonds. The van der Waals surface area contributed by atoms with Crippen LogP contribution in [0.5, 0.6) is 0 Å². The maximum Gasteiger partial charge on any atom is 0.247 e. The number of hydrogen-bond acceptors (Lipinski definition) is 4. The molecule has 0 radical (unpaired) electrons. The lowest BCUT2D eigenvalue weighted by Crippen LogP contribution is -2.38. The first-order valence-corrected chi connectivity index (χ1v) is 13.3. The van der Waals surface area contributed by atoms with Crippen molar-refractivity contribution in [1.29, 1.82) is 0 Å². The molecule has 3 aromatic rings. The van der Waals surface area contributed by atoms with Crippen LogP contribution in [0.3, 0.4) is 0 Å². The molecular formula is C30H28ClF2N3O3. The van der Waals surface area contributed by atoms with E-state index in [9.17, 15) is 23.5 Å². The molecule has 1 aromatic heterocycles. The molecule has 202 valence electrons. The van der Waals surface area contributed by atoms with Crippen LogP contribution in [0.4, 0.5) is 14.5 Å². The molecule has 0 fully saturated rings. The van der Waals surface area contributed by atoms with Gasteiger partial charge < -0.3 is 15.3 Å². The van der Waals surface area contributed by atoms with Gasteiger partial charge in [0.05, 0.1) is 28.9 Å². The molecule has 2 aliphatic rings. The van der Waals surface area contributed by atoms with Crippen molar-refractivity contribution in [1.82, 2.24) is 9.88 Å². The van der Waals surface area contributed by atoms with Gasteiger partial charge in [0.25, 0.3) is 0 Å². The lowest BCUT2D eigenvalue weighted by Gasteiger charge is -2.34. The monoisotopic (exact) mass is 551 g/mol. The van der Waals surface area contributed by atoms with E-state index in [1.807, 2.05) is 25.1 Å². The average Bonchev–Trinajstić information content (AvgIpc) is 2.93. The Morgan fingerprint density at radius 2 is 1.95 bits per heavy atom. The normalized spacial score (nSPS) is 19.9. The number of nitrogens with zero attached hydrogens (tertiary/aromatic N) is 2. The van der Waals surface area contributed by atoms with Crippen LogP contribution in [0.1, 0.15) is 55.5 Å². The van der Waals surface area contributed by atoms with Crippen molar-refractivity contribution >= 4 is 34.7 Å². The zero-order valence-electron chi connectivity index (χ0n) is 21.4. The Kier molecular flexibility index (Phi) is 7.77. The van der Waals surface area contributed by atoms with Crippen LogP contribution in [-0.2, 0) is 16.2 Å². The zero-order chi connectivity index (χ0) is 27.7. The number of halogens is 3. The third-order valence-electron chi connectivity index (χ3n) is 7.46. The minimum absolute atomic E-state index is 0.105. The number of amides is 2. The highest BCUT2D eigenvalue weighted by Crippen LogP contribution is 2.37. The van der Waals surface area contributed by atoms with Gasteiger partial charge in [0, 0.05) is 36.0 Å². The van der Waals surface area contributed by atoms with E-state index in [2.05, 4.69) is 10.3 Å². The van der Waals surface area contributed by atoms with Crippen LogP contribution in [-0.4, -0.2) is 33.3 Å². The number of pyridine rings is 1. The molecule has 0 saturated heterocycles. The molecule has 2 aromatic carbocycles. The molecule has 2 N–H and O–H groups in total. The second-order valence-electron chi connectivity index (χ2n) is 10.0. The Morgan fingerprint density at radius 3 is 2.72 bits per heavy atom. The van der Waals surface area contributed by atoms with Crippen molar-refractivity contribution in [3.63, 3.8) is 0 Å². The van der Waals surface area contributed by atoms with E-state index in [1.54, 1.807) is 23.2 Å². The Bertz CT molecular complexity index is 1480. The van der Waals surface area contributed by atoms with Gasteiger partial charge in [-0.2, -0.15) is 0 Å². The van der Waals surface area contributed by atoms with Gasteiger partial charge in [-0.3, -0.25) is 14.6 Å². The minimum atomic E-state index is -0.877. The molecule has 0 unspecified atom stereocenters. The van der Waals surface area contributed by atoms with E-state index in [4.69, 9.17) is 11.6 Å². The second kappa shape index (κ2) is 11.2. The Hall–Kier alpha value is -3.62. The summed E-state index contributed by atoms with van der Waals surface area (Å²) in [6.45, 7) is 1.96. The topological polar surface area (TPSA) is 82.5 Å². The first kappa shape index (κ1) is 27.0. The Labute approximate surface area is 230 Å². The molecule has 0 saturated carbocycles. The fourth-order valence-corrected chi connectivity index (χ4v) is 5.44. The standard InChI is InChI=1S/C30H28ClF2N3O3/c1-17-3-2-4-26(36-12-10-20(15-27(36)38)28-23(32)7-6-22(31)29(28)33)25-14-19(9-11-34-25)21-13-18(16-37)5-8-24(21)35-30(17)39/h5-9,11,13-15,17,26,37H,2-4,10,12,16H2,1H3,(H,35,39)/t17-,26+/m1/s1. The summed E-state index contributed by atoms with van der Waals surface area (Å²) in [5.41, 5.74) is 3.52. The maximum absolute atomic E-state index is 14.7. The van der Waals surface area contributed by atoms with Crippen LogP contribution in [0.15, 0.2) is 54.7 Å². The number of aliphatic hydroxyl groups excluding tert-OH is 1. The molecule has 0 aliphatic carbocycles. The smallest absolute Gasteiger partial charge is 0.247 e. The number of carbonyl (C=O) groups excluding carboxylic acids is 2. The summed E-state index contributed by atoms with van der Waals surface area (Å²) in [6.07, 6.45) is 5.02. The number of aliphatic hydroxyl groups is 1. The largest absolute Gasteiger partial charge is 0.392 e. The summed E-state index contributed by atoms with van der Waals surface area (Å²) >= 11 is 5.88. The number of hydrogen-bond donors (Lipinski definition) is 2. The third-order valence-corrected chi connectivity index (χ3v) is 7.76. The quantitative estimate of drug-likeness (QED) is 0.375.